The van der Waals surface area contributed by atoms with E-state index in [1.54, 1.807) is 18.3 Å². The fourth-order valence-corrected chi connectivity index (χ4v) is 2.44. The number of aryl methyl sites for hydroxylation is 1. The number of nitrogens with one attached hydrogen (secondary N) is 2. The zero-order chi connectivity index (χ0) is 13.4. The fourth-order valence-electron chi connectivity index (χ4n) is 1.36. The van der Waals surface area contributed by atoms with Gasteiger partial charge in [0, 0.05) is 31.3 Å². The molecule has 100 valence electrons. The van der Waals surface area contributed by atoms with Crippen LogP contribution in [-0.2, 0) is 16.4 Å². The standard InChI is InChI=1S/C11H18N4O2S/c12-11(13)5-3-8-15-18(16,17)9-6-10-4-1-2-7-14-10/h1-2,4,7,15H,3,5-6,8-9H2,(H3,12,13). The lowest BCUT2D eigenvalue weighted by molar-refractivity contribution is 0.578. The minimum atomic E-state index is -3.28. The number of amidine groups is 1. The van der Waals surface area contributed by atoms with Crippen molar-refractivity contribution >= 4 is 15.9 Å². The Bertz CT molecular complexity index is 473. The predicted octanol–water partition coefficient (Wildman–Crippen LogP) is 0.260. The third-order valence-corrected chi connectivity index (χ3v) is 3.68. The Hall–Kier alpha value is -1.47. The Morgan fingerprint density at radius 2 is 2.22 bits per heavy atom. The molecule has 1 aromatic heterocycles. The summed E-state index contributed by atoms with van der Waals surface area (Å²) in [4.78, 5) is 4.06. The van der Waals surface area contributed by atoms with Gasteiger partial charge in [0.05, 0.1) is 11.6 Å². The van der Waals surface area contributed by atoms with Crippen LogP contribution in [0, 0.1) is 5.41 Å². The highest BCUT2D eigenvalue weighted by Gasteiger charge is 2.09. The second kappa shape index (κ2) is 7.07. The molecule has 0 fully saturated rings. The predicted molar refractivity (Wildman–Crippen MR) is 70.9 cm³/mol. The van der Waals surface area contributed by atoms with Gasteiger partial charge in [0.1, 0.15) is 0 Å². The summed E-state index contributed by atoms with van der Waals surface area (Å²) in [5.41, 5.74) is 5.93. The molecule has 6 nitrogen and oxygen atoms in total. The van der Waals surface area contributed by atoms with Gasteiger partial charge in [-0.05, 0) is 18.6 Å². The van der Waals surface area contributed by atoms with Crippen molar-refractivity contribution in [1.29, 1.82) is 5.41 Å². The second-order valence-corrected chi connectivity index (χ2v) is 5.84. The molecule has 0 saturated heterocycles. The van der Waals surface area contributed by atoms with Gasteiger partial charge in [0.2, 0.25) is 10.0 Å². The third-order valence-electron chi connectivity index (χ3n) is 2.30. The van der Waals surface area contributed by atoms with Crippen molar-refractivity contribution < 1.29 is 8.42 Å². The van der Waals surface area contributed by atoms with E-state index >= 15 is 0 Å². The van der Waals surface area contributed by atoms with E-state index in [2.05, 4.69) is 9.71 Å². The van der Waals surface area contributed by atoms with Crippen LogP contribution in [0.3, 0.4) is 0 Å². The maximum Gasteiger partial charge on any atom is 0.211 e. The van der Waals surface area contributed by atoms with Crippen molar-refractivity contribution in [3.8, 4) is 0 Å². The molecule has 0 aliphatic carbocycles. The average molecular weight is 270 g/mol. The third kappa shape index (κ3) is 6.31. The molecule has 0 saturated carbocycles. The summed E-state index contributed by atoms with van der Waals surface area (Å²) in [6.45, 7) is 0.310. The number of sulfonamides is 1. The molecule has 7 heteroatoms. The molecule has 0 aliphatic rings. The molecule has 4 N–H and O–H groups in total. The largest absolute Gasteiger partial charge is 0.388 e. The second-order valence-electron chi connectivity index (χ2n) is 3.91. The Kier molecular flexibility index (Phi) is 5.73. The van der Waals surface area contributed by atoms with Gasteiger partial charge in [-0.2, -0.15) is 0 Å². The minimum absolute atomic E-state index is 0.0179. The van der Waals surface area contributed by atoms with Crippen LogP contribution in [0.2, 0.25) is 0 Å². The molecule has 0 aliphatic heterocycles. The number of nitrogens with zero attached hydrogens (tertiary/aromatic N) is 1. The van der Waals surface area contributed by atoms with E-state index in [4.69, 9.17) is 11.1 Å². The van der Waals surface area contributed by atoms with E-state index in [1.807, 2.05) is 6.07 Å². The van der Waals surface area contributed by atoms with Crippen molar-refractivity contribution in [2.24, 2.45) is 5.73 Å². The number of nitrogens with two attached hydrogens (primary N) is 1. The first-order valence-electron chi connectivity index (χ1n) is 5.70. The summed E-state index contributed by atoms with van der Waals surface area (Å²) in [7, 11) is -3.28. The molecule has 0 unspecified atom stereocenters. The van der Waals surface area contributed by atoms with Crippen LogP contribution < -0.4 is 10.5 Å². The van der Waals surface area contributed by atoms with Crippen LogP contribution in [0.25, 0.3) is 0 Å². The summed E-state index contributed by atoms with van der Waals surface area (Å²) in [6, 6.07) is 5.42. The van der Waals surface area contributed by atoms with Crippen molar-refractivity contribution in [3.63, 3.8) is 0 Å². The van der Waals surface area contributed by atoms with Gasteiger partial charge in [0.25, 0.3) is 0 Å². The monoisotopic (exact) mass is 270 g/mol. The molecule has 1 rings (SSSR count). The van der Waals surface area contributed by atoms with Gasteiger partial charge < -0.3 is 5.73 Å². The zero-order valence-corrected chi connectivity index (χ0v) is 10.9. The van der Waals surface area contributed by atoms with Gasteiger partial charge in [-0.3, -0.25) is 10.4 Å². The molecule has 0 bridgehead atoms. The van der Waals surface area contributed by atoms with Crippen LogP contribution in [0.4, 0.5) is 0 Å². The highest BCUT2D eigenvalue weighted by molar-refractivity contribution is 7.89. The Morgan fingerprint density at radius 1 is 1.44 bits per heavy atom. The highest BCUT2D eigenvalue weighted by atomic mass is 32.2. The summed E-state index contributed by atoms with van der Waals surface area (Å²) < 4.78 is 25.7. The summed E-state index contributed by atoms with van der Waals surface area (Å²) in [6.07, 6.45) is 2.98. The van der Waals surface area contributed by atoms with Gasteiger partial charge in [-0.25, -0.2) is 13.1 Å². The van der Waals surface area contributed by atoms with Crippen LogP contribution in [0.5, 0.6) is 0 Å². The van der Waals surface area contributed by atoms with Crippen molar-refractivity contribution in [1.82, 2.24) is 9.71 Å². The van der Waals surface area contributed by atoms with E-state index in [0.717, 1.165) is 5.69 Å². The van der Waals surface area contributed by atoms with Gasteiger partial charge in [0.15, 0.2) is 0 Å². The Balaban J connectivity index is 2.30. The van der Waals surface area contributed by atoms with Crippen LogP contribution in [-0.4, -0.2) is 31.5 Å². The summed E-state index contributed by atoms with van der Waals surface area (Å²) in [5, 5.41) is 7.01. The van der Waals surface area contributed by atoms with Crippen LogP contribution in [0.15, 0.2) is 24.4 Å². The van der Waals surface area contributed by atoms with Gasteiger partial charge in [-0.15, -0.1) is 0 Å². The Labute approximate surface area is 107 Å². The summed E-state index contributed by atoms with van der Waals surface area (Å²) in [5.74, 6) is 0.0899. The molecule has 1 heterocycles. The molecule has 1 aromatic rings. The smallest absolute Gasteiger partial charge is 0.211 e. The SMILES string of the molecule is N=C(N)CCCNS(=O)(=O)CCc1ccccn1. The van der Waals surface area contributed by atoms with E-state index in [9.17, 15) is 8.42 Å². The normalized spacial score (nSPS) is 11.3. The highest BCUT2D eigenvalue weighted by Crippen LogP contribution is 1.98. The first-order chi connectivity index (χ1) is 8.49. The fraction of sp³-hybridized carbons (Fsp3) is 0.455. The van der Waals surface area contributed by atoms with E-state index in [1.165, 1.54) is 0 Å². The lowest BCUT2D eigenvalue weighted by Gasteiger charge is -2.06. The molecule has 0 spiro atoms. The number of aromatic nitrogens is 1. The number of rotatable bonds is 8. The topological polar surface area (TPSA) is 109 Å². The first-order valence-corrected chi connectivity index (χ1v) is 7.35. The van der Waals surface area contributed by atoms with Crippen LogP contribution >= 0.6 is 0 Å². The molecule has 0 amide bonds. The van der Waals surface area contributed by atoms with Crippen molar-refractivity contribution in [2.75, 3.05) is 12.3 Å². The van der Waals surface area contributed by atoms with Crippen molar-refractivity contribution in [2.45, 2.75) is 19.3 Å². The quantitative estimate of drug-likeness (QED) is 0.357. The lowest BCUT2D eigenvalue weighted by atomic mass is 10.3. The lowest BCUT2D eigenvalue weighted by Crippen LogP contribution is -2.29. The first kappa shape index (κ1) is 14.6. The molecule has 0 atom stereocenters. The van der Waals surface area contributed by atoms with E-state index in [0.29, 0.717) is 25.8 Å². The number of hydrogen-bond acceptors (Lipinski definition) is 4. The molecule has 0 radical (unpaired) electrons. The van der Waals surface area contributed by atoms with Crippen molar-refractivity contribution in [3.05, 3.63) is 30.1 Å². The maximum absolute atomic E-state index is 11.6. The minimum Gasteiger partial charge on any atom is -0.388 e. The molecular formula is C11H18N4O2S. The summed E-state index contributed by atoms with van der Waals surface area (Å²) >= 11 is 0. The van der Waals surface area contributed by atoms with Gasteiger partial charge in [-0.1, -0.05) is 6.07 Å². The average Bonchev–Trinajstić information content (AvgIpc) is 2.34. The number of pyridine rings is 1. The maximum atomic E-state index is 11.6. The molecule has 0 aromatic carbocycles. The Morgan fingerprint density at radius 3 is 2.83 bits per heavy atom. The molecule has 18 heavy (non-hydrogen) atoms. The zero-order valence-electron chi connectivity index (χ0n) is 10.1. The molecular weight excluding hydrogens is 252 g/mol. The van der Waals surface area contributed by atoms with Crippen LogP contribution in [0.1, 0.15) is 18.5 Å². The van der Waals surface area contributed by atoms with E-state index < -0.39 is 10.0 Å². The van der Waals surface area contributed by atoms with Gasteiger partial charge >= 0.3 is 0 Å². The number of hydrogen-bond donors (Lipinski definition) is 3. The van der Waals surface area contributed by atoms with E-state index in [-0.39, 0.29) is 11.6 Å².